The van der Waals surface area contributed by atoms with Crippen LogP contribution in [0.25, 0.3) is 11.3 Å². The fraction of sp³-hybridized carbons (Fsp3) is 0. The molecule has 1 aromatic carbocycles. The van der Waals surface area contributed by atoms with Crippen molar-refractivity contribution in [2.75, 3.05) is 0 Å². The molecule has 0 aliphatic heterocycles. The van der Waals surface area contributed by atoms with E-state index in [2.05, 4.69) is 10.2 Å². The minimum absolute atomic E-state index is 0.114. The van der Waals surface area contributed by atoms with Gasteiger partial charge in [-0.05, 0) is 6.07 Å². The number of nitrogens with one attached hydrogen (secondary N) is 1. The lowest BCUT2D eigenvalue weighted by molar-refractivity contribution is 0.0698. The van der Waals surface area contributed by atoms with E-state index in [-0.39, 0.29) is 5.56 Å². The number of rotatable bonds is 2. The van der Waals surface area contributed by atoms with Crippen LogP contribution in [0.3, 0.4) is 0 Å². The second kappa shape index (κ2) is 3.74. The first-order valence-corrected chi connectivity index (χ1v) is 4.59. The predicted octanol–water partition coefficient (Wildman–Crippen LogP) is 2.43. The molecule has 1 heterocycles. The normalized spacial score (nSPS) is 10.2. The standard InChI is InChI=1S/C10H7ClN2O2/c11-8-4-2-1-3-6(8)9-7(10(14)15)5-12-13-9/h1-5H,(H,12,13)(H,14,15). The molecule has 0 saturated heterocycles. The average molecular weight is 223 g/mol. The van der Waals surface area contributed by atoms with Crippen molar-refractivity contribution >= 4 is 17.6 Å². The summed E-state index contributed by atoms with van der Waals surface area (Å²) < 4.78 is 0. The Labute approximate surface area is 90.5 Å². The smallest absolute Gasteiger partial charge is 0.339 e. The molecule has 0 unspecified atom stereocenters. The van der Waals surface area contributed by atoms with Crippen molar-refractivity contribution in [2.45, 2.75) is 0 Å². The topological polar surface area (TPSA) is 66.0 Å². The summed E-state index contributed by atoms with van der Waals surface area (Å²) in [5.74, 6) is -1.03. The van der Waals surface area contributed by atoms with Gasteiger partial charge >= 0.3 is 5.97 Å². The van der Waals surface area contributed by atoms with E-state index in [0.717, 1.165) is 0 Å². The van der Waals surface area contributed by atoms with Gasteiger partial charge in [-0.1, -0.05) is 29.8 Å². The Bertz CT molecular complexity index is 508. The van der Waals surface area contributed by atoms with Crippen LogP contribution in [0.4, 0.5) is 0 Å². The summed E-state index contributed by atoms with van der Waals surface area (Å²) in [5.41, 5.74) is 1.17. The fourth-order valence-corrected chi connectivity index (χ4v) is 1.55. The lowest BCUT2D eigenvalue weighted by Crippen LogP contribution is -1.96. The molecular formula is C10H7ClN2O2. The second-order valence-electron chi connectivity index (χ2n) is 2.94. The lowest BCUT2D eigenvalue weighted by Gasteiger charge is -2.01. The molecule has 0 saturated carbocycles. The number of benzene rings is 1. The molecule has 0 radical (unpaired) electrons. The Morgan fingerprint density at radius 2 is 2.13 bits per heavy atom. The van der Waals surface area contributed by atoms with Crippen LogP contribution in [0.5, 0.6) is 0 Å². The van der Waals surface area contributed by atoms with E-state index in [1.807, 2.05) is 0 Å². The van der Waals surface area contributed by atoms with Crippen molar-refractivity contribution in [2.24, 2.45) is 0 Å². The molecule has 1 aromatic heterocycles. The number of H-pyrrole nitrogens is 1. The summed E-state index contributed by atoms with van der Waals surface area (Å²) in [6, 6.07) is 7.00. The highest BCUT2D eigenvalue weighted by atomic mass is 35.5. The maximum atomic E-state index is 10.9. The molecule has 15 heavy (non-hydrogen) atoms. The maximum absolute atomic E-state index is 10.9. The minimum atomic E-state index is -1.03. The summed E-state index contributed by atoms with van der Waals surface area (Å²) >= 11 is 5.95. The average Bonchev–Trinajstić information content (AvgIpc) is 2.67. The van der Waals surface area contributed by atoms with Crippen LogP contribution >= 0.6 is 11.6 Å². The van der Waals surface area contributed by atoms with E-state index in [4.69, 9.17) is 16.7 Å². The highest BCUT2D eigenvalue weighted by Crippen LogP contribution is 2.28. The fourth-order valence-electron chi connectivity index (χ4n) is 1.32. The van der Waals surface area contributed by atoms with Gasteiger partial charge in [-0.3, -0.25) is 5.10 Å². The molecule has 4 nitrogen and oxygen atoms in total. The summed E-state index contributed by atoms with van der Waals surface area (Å²) in [6.07, 6.45) is 1.26. The van der Waals surface area contributed by atoms with Gasteiger partial charge in [0.1, 0.15) is 5.56 Å². The number of hydrogen-bond donors (Lipinski definition) is 2. The van der Waals surface area contributed by atoms with E-state index in [0.29, 0.717) is 16.3 Å². The van der Waals surface area contributed by atoms with E-state index in [1.54, 1.807) is 24.3 Å². The van der Waals surface area contributed by atoms with E-state index >= 15 is 0 Å². The molecule has 2 rings (SSSR count). The van der Waals surface area contributed by atoms with Crippen molar-refractivity contribution in [3.05, 3.63) is 41.0 Å². The van der Waals surface area contributed by atoms with Gasteiger partial charge in [-0.2, -0.15) is 5.10 Å². The summed E-state index contributed by atoms with van der Waals surface area (Å²) in [7, 11) is 0. The zero-order valence-electron chi connectivity index (χ0n) is 7.57. The largest absolute Gasteiger partial charge is 0.478 e. The SMILES string of the molecule is O=C(O)c1cn[nH]c1-c1ccccc1Cl. The monoisotopic (exact) mass is 222 g/mol. The molecule has 0 atom stereocenters. The second-order valence-corrected chi connectivity index (χ2v) is 3.35. The van der Waals surface area contributed by atoms with Gasteiger partial charge in [0.15, 0.2) is 0 Å². The molecule has 0 fully saturated rings. The molecule has 2 N–H and O–H groups in total. The third kappa shape index (κ3) is 1.71. The third-order valence-electron chi connectivity index (χ3n) is 2.01. The Kier molecular flexibility index (Phi) is 2.43. The highest BCUT2D eigenvalue weighted by molar-refractivity contribution is 6.33. The van der Waals surface area contributed by atoms with Crippen molar-refractivity contribution in [3.63, 3.8) is 0 Å². The number of carboxylic acids is 1. The van der Waals surface area contributed by atoms with Crippen LogP contribution in [0.2, 0.25) is 5.02 Å². The Balaban J connectivity index is 2.59. The van der Waals surface area contributed by atoms with Crippen LogP contribution in [0.15, 0.2) is 30.5 Å². The van der Waals surface area contributed by atoms with Crippen LogP contribution in [-0.2, 0) is 0 Å². The number of halogens is 1. The van der Waals surface area contributed by atoms with Crippen LogP contribution < -0.4 is 0 Å². The summed E-state index contributed by atoms with van der Waals surface area (Å²) in [6.45, 7) is 0. The third-order valence-corrected chi connectivity index (χ3v) is 2.34. The summed E-state index contributed by atoms with van der Waals surface area (Å²) in [5, 5.41) is 15.7. The first-order valence-electron chi connectivity index (χ1n) is 4.21. The molecule has 5 heteroatoms. The van der Waals surface area contributed by atoms with E-state index < -0.39 is 5.97 Å². The molecule has 0 aliphatic rings. The van der Waals surface area contributed by atoms with E-state index in [9.17, 15) is 4.79 Å². The van der Waals surface area contributed by atoms with Gasteiger partial charge in [0.2, 0.25) is 0 Å². The molecule has 0 amide bonds. The van der Waals surface area contributed by atoms with Gasteiger partial charge in [-0.25, -0.2) is 4.79 Å². The number of aromatic nitrogens is 2. The zero-order chi connectivity index (χ0) is 10.8. The van der Waals surface area contributed by atoms with Gasteiger partial charge < -0.3 is 5.11 Å². The van der Waals surface area contributed by atoms with Gasteiger partial charge in [0.25, 0.3) is 0 Å². The number of hydrogen-bond acceptors (Lipinski definition) is 2. The van der Waals surface area contributed by atoms with Crippen molar-refractivity contribution in [1.29, 1.82) is 0 Å². The van der Waals surface area contributed by atoms with Crippen LogP contribution in [0.1, 0.15) is 10.4 Å². The van der Waals surface area contributed by atoms with E-state index in [1.165, 1.54) is 6.20 Å². The molecule has 76 valence electrons. The highest BCUT2D eigenvalue weighted by Gasteiger charge is 2.15. The number of carboxylic acid groups (broad SMARTS) is 1. The maximum Gasteiger partial charge on any atom is 0.339 e. The Morgan fingerprint density at radius 1 is 1.40 bits per heavy atom. The van der Waals surface area contributed by atoms with Gasteiger partial charge in [0.05, 0.1) is 11.9 Å². The minimum Gasteiger partial charge on any atom is -0.478 e. The van der Waals surface area contributed by atoms with Gasteiger partial charge in [-0.15, -0.1) is 0 Å². The quantitative estimate of drug-likeness (QED) is 0.820. The first kappa shape index (κ1) is 9.73. The molecule has 0 spiro atoms. The molecule has 0 aliphatic carbocycles. The van der Waals surface area contributed by atoms with Crippen molar-refractivity contribution < 1.29 is 9.90 Å². The number of carbonyl (C=O) groups is 1. The lowest BCUT2D eigenvalue weighted by atomic mass is 10.1. The van der Waals surface area contributed by atoms with Crippen LogP contribution in [-0.4, -0.2) is 21.3 Å². The van der Waals surface area contributed by atoms with Crippen molar-refractivity contribution in [3.8, 4) is 11.3 Å². The summed E-state index contributed by atoms with van der Waals surface area (Å²) in [4.78, 5) is 10.9. The van der Waals surface area contributed by atoms with Gasteiger partial charge in [0, 0.05) is 10.6 Å². The number of aromatic carboxylic acids is 1. The molecular weight excluding hydrogens is 216 g/mol. The zero-order valence-corrected chi connectivity index (χ0v) is 8.32. The van der Waals surface area contributed by atoms with Crippen LogP contribution in [0, 0.1) is 0 Å². The predicted molar refractivity (Wildman–Crippen MR) is 56.0 cm³/mol. The van der Waals surface area contributed by atoms with Crippen molar-refractivity contribution in [1.82, 2.24) is 10.2 Å². The molecule has 2 aromatic rings. The number of nitrogens with zero attached hydrogens (tertiary/aromatic N) is 1. The molecule has 0 bridgehead atoms. The Morgan fingerprint density at radius 3 is 2.80 bits per heavy atom. The Hall–Kier alpha value is -1.81. The first-order chi connectivity index (χ1) is 7.20. The number of aromatic amines is 1.